The molecule has 0 radical (unpaired) electrons. The number of hydrogen-bond acceptors (Lipinski definition) is 15. The van der Waals surface area contributed by atoms with E-state index in [9.17, 15) is 43.2 Å². The highest BCUT2D eigenvalue weighted by Crippen LogP contribution is 2.45. The van der Waals surface area contributed by atoms with Gasteiger partial charge in [0.2, 0.25) is 0 Å². The van der Waals surface area contributed by atoms with Crippen molar-refractivity contribution >= 4 is 39.5 Å². The van der Waals surface area contributed by atoms with Gasteiger partial charge in [-0.25, -0.2) is 9.13 Å². The van der Waals surface area contributed by atoms with Crippen molar-refractivity contribution in [2.45, 2.75) is 427 Å². The predicted molar refractivity (Wildman–Crippen MR) is 404 cm³/mol. The lowest BCUT2D eigenvalue weighted by Gasteiger charge is -2.21. The van der Waals surface area contributed by atoms with E-state index in [2.05, 4.69) is 55.4 Å². The first-order valence-electron chi connectivity index (χ1n) is 41.2. The standard InChI is InChI=1S/C80H156O17P2/c1-9-73(8)59-51-43-38-39-45-53-61-78(83)91-67-76(97-80(85)63-55-47-37-31-25-19-22-28-34-42-50-58-72(6)7)69-95-99(88,89)93-65-74(81)64-92-98(86,87)94-68-75(96-79(84)62-54-46-36-30-24-18-21-27-33-41-49-57-71(4)5)66-90-77(82)60-52-44-35-29-23-17-15-13-11-10-12-14-16-20-26-32-40-48-56-70(2)3/h70-76,81H,9-69H2,1-8H3,(H,86,87)(H,88,89)/t73?,74-,75-,76-/m1/s1. The summed E-state index contributed by atoms with van der Waals surface area (Å²) in [4.78, 5) is 73.0. The molecule has 0 rings (SSSR count). The first-order chi connectivity index (χ1) is 47.6. The molecular formula is C80H156O17P2. The summed E-state index contributed by atoms with van der Waals surface area (Å²) in [5.74, 6) is 0.967. The fourth-order valence-electron chi connectivity index (χ4n) is 12.2. The SMILES string of the molecule is CCC(C)CCCCCCCCC(=O)OC[C@H](COP(=O)(O)OC[C@H](O)COP(=O)(O)OC[C@@H](COC(=O)CCCCCCCCCCCCCCCCCCCCC(C)C)OC(=O)CCCCCCCCCCCCCC(C)C)OC(=O)CCCCCCCCCCCCCC(C)C. The minimum atomic E-state index is -4.96. The highest BCUT2D eigenvalue weighted by Gasteiger charge is 2.30. The maximum absolute atomic E-state index is 13.1. The van der Waals surface area contributed by atoms with Crippen molar-refractivity contribution in [2.75, 3.05) is 39.6 Å². The number of unbranched alkanes of at least 4 members (excludes halogenated alkanes) is 42. The highest BCUT2D eigenvalue weighted by atomic mass is 31.2. The molecule has 588 valence electrons. The Kier molecular flexibility index (Phi) is 67.8. The molecule has 0 aromatic rings. The lowest BCUT2D eigenvalue weighted by atomic mass is 10.00. The molecule has 0 saturated carbocycles. The number of carbonyl (C=O) groups excluding carboxylic acids is 4. The van der Waals surface area contributed by atoms with Crippen molar-refractivity contribution in [3.63, 3.8) is 0 Å². The molecule has 0 aliphatic rings. The van der Waals surface area contributed by atoms with Gasteiger partial charge >= 0.3 is 39.5 Å². The summed E-state index contributed by atoms with van der Waals surface area (Å²) in [6.07, 6.45) is 55.6. The third kappa shape index (κ3) is 72.8. The Morgan fingerprint density at radius 1 is 0.283 bits per heavy atom. The normalized spacial score (nSPS) is 14.3. The summed E-state index contributed by atoms with van der Waals surface area (Å²) >= 11 is 0. The van der Waals surface area contributed by atoms with Gasteiger partial charge < -0.3 is 33.8 Å². The van der Waals surface area contributed by atoms with Crippen molar-refractivity contribution in [1.82, 2.24) is 0 Å². The molecule has 0 heterocycles. The van der Waals surface area contributed by atoms with Crippen LogP contribution in [0.5, 0.6) is 0 Å². The molecule has 0 aliphatic heterocycles. The van der Waals surface area contributed by atoms with E-state index in [1.54, 1.807) is 0 Å². The number of phosphoric acid groups is 2. The topological polar surface area (TPSA) is 237 Å². The monoisotopic (exact) mass is 1450 g/mol. The fraction of sp³-hybridized carbons (Fsp3) is 0.950. The maximum Gasteiger partial charge on any atom is 0.472 e. The van der Waals surface area contributed by atoms with Gasteiger partial charge in [-0.3, -0.25) is 37.3 Å². The fourth-order valence-corrected chi connectivity index (χ4v) is 13.8. The van der Waals surface area contributed by atoms with E-state index >= 15 is 0 Å². The molecule has 6 atom stereocenters. The third-order valence-electron chi connectivity index (χ3n) is 18.9. The second kappa shape index (κ2) is 69.1. The second-order valence-corrected chi connectivity index (χ2v) is 33.4. The average Bonchev–Trinajstić information content (AvgIpc) is 0.959. The first kappa shape index (κ1) is 97.1. The Bertz CT molecular complexity index is 1940. The Morgan fingerprint density at radius 3 is 0.717 bits per heavy atom. The quantitative estimate of drug-likeness (QED) is 0.0222. The average molecular weight is 1450 g/mol. The van der Waals surface area contributed by atoms with E-state index in [-0.39, 0.29) is 25.7 Å². The van der Waals surface area contributed by atoms with Crippen molar-refractivity contribution in [3.05, 3.63) is 0 Å². The van der Waals surface area contributed by atoms with Gasteiger partial charge in [0.25, 0.3) is 0 Å². The number of phosphoric ester groups is 2. The van der Waals surface area contributed by atoms with Gasteiger partial charge in [0.1, 0.15) is 19.3 Å². The molecule has 0 fully saturated rings. The number of esters is 4. The Balaban J connectivity index is 5.21. The molecule has 17 nitrogen and oxygen atoms in total. The van der Waals surface area contributed by atoms with Crippen LogP contribution in [-0.4, -0.2) is 96.7 Å². The minimum Gasteiger partial charge on any atom is -0.462 e. The maximum atomic E-state index is 13.1. The number of aliphatic hydroxyl groups is 1. The van der Waals surface area contributed by atoms with Crippen LogP contribution >= 0.6 is 15.6 Å². The number of carbonyl (C=O) groups is 4. The lowest BCUT2D eigenvalue weighted by molar-refractivity contribution is -0.161. The van der Waals surface area contributed by atoms with Gasteiger partial charge in [0, 0.05) is 25.7 Å². The van der Waals surface area contributed by atoms with Crippen LogP contribution in [0.25, 0.3) is 0 Å². The molecule has 0 aliphatic carbocycles. The minimum absolute atomic E-state index is 0.105. The van der Waals surface area contributed by atoms with Crippen molar-refractivity contribution in [2.24, 2.45) is 23.7 Å². The third-order valence-corrected chi connectivity index (χ3v) is 20.8. The summed E-state index contributed by atoms with van der Waals surface area (Å²) in [5, 5.41) is 10.6. The number of aliphatic hydroxyl groups excluding tert-OH is 1. The van der Waals surface area contributed by atoms with Gasteiger partial charge in [0.05, 0.1) is 26.4 Å². The zero-order valence-electron chi connectivity index (χ0n) is 65.1. The van der Waals surface area contributed by atoms with Crippen LogP contribution in [0.15, 0.2) is 0 Å². The van der Waals surface area contributed by atoms with Crippen molar-refractivity contribution in [3.8, 4) is 0 Å². The van der Waals surface area contributed by atoms with Gasteiger partial charge in [-0.2, -0.15) is 0 Å². The van der Waals surface area contributed by atoms with Crippen LogP contribution < -0.4 is 0 Å². The summed E-state index contributed by atoms with van der Waals surface area (Å²) in [7, 11) is -9.92. The van der Waals surface area contributed by atoms with Crippen molar-refractivity contribution < 1.29 is 80.2 Å². The molecular weight excluding hydrogens is 1290 g/mol. The molecule has 3 unspecified atom stereocenters. The second-order valence-electron chi connectivity index (χ2n) is 30.5. The molecule has 0 saturated heterocycles. The zero-order valence-corrected chi connectivity index (χ0v) is 66.9. The van der Waals surface area contributed by atoms with E-state index in [1.165, 1.54) is 205 Å². The Morgan fingerprint density at radius 2 is 0.485 bits per heavy atom. The van der Waals surface area contributed by atoms with Crippen LogP contribution in [0.4, 0.5) is 0 Å². The molecule has 0 aromatic heterocycles. The molecule has 3 N–H and O–H groups in total. The molecule has 0 amide bonds. The summed E-state index contributed by atoms with van der Waals surface area (Å²) in [6.45, 7) is 14.2. The highest BCUT2D eigenvalue weighted by molar-refractivity contribution is 7.47. The van der Waals surface area contributed by atoms with E-state index in [0.717, 1.165) is 120 Å². The molecule has 0 bridgehead atoms. The summed E-state index contributed by atoms with van der Waals surface area (Å²) in [5.41, 5.74) is 0. The number of ether oxygens (including phenoxy) is 4. The lowest BCUT2D eigenvalue weighted by Crippen LogP contribution is -2.30. The molecule has 0 spiro atoms. The predicted octanol–water partition coefficient (Wildman–Crippen LogP) is 23.6. The van der Waals surface area contributed by atoms with Crippen LogP contribution in [0, 0.1) is 23.7 Å². The Hall–Kier alpha value is -1.94. The van der Waals surface area contributed by atoms with E-state index < -0.39 is 97.5 Å². The molecule has 19 heteroatoms. The molecule has 99 heavy (non-hydrogen) atoms. The van der Waals surface area contributed by atoms with Gasteiger partial charge in [-0.05, 0) is 49.4 Å². The van der Waals surface area contributed by atoms with Gasteiger partial charge in [-0.1, -0.05) is 357 Å². The van der Waals surface area contributed by atoms with Crippen LogP contribution in [0.3, 0.4) is 0 Å². The van der Waals surface area contributed by atoms with Gasteiger partial charge in [-0.15, -0.1) is 0 Å². The first-order valence-corrected chi connectivity index (χ1v) is 44.2. The van der Waals surface area contributed by atoms with Crippen LogP contribution in [0.2, 0.25) is 0 Å². The van der Waals surface area contributed by atoms with E-state index in [4.69, 9.17) is 37.0 Å². The Labute approximate surface area is 607 Å². The van der Waals surface area contributed by atoms with E-state index in [1.807, 2.05) is 0 Å². The van der Waals surface area contributed by atoms with Gasteiger partial charge in [0.15, 0.2) is 12.2 Å². The van der Waals surface area contributed by atoms with Crippen LogP contribution in [-0.2, 0) is 65.4 Å². The molecule has 0 aromatic carbocycles. The summed E-state index contributed by atoms with van der Waals surface area (Å²) in [6, 6.07) is 0. The zero-order chi connectivity index (χ0) is 73.1. The number of hydrogen-bond donors (Lipinski definition) is 3. The van der Waals surface area contributed by atoms with E-state index in [0.29, 0.717) is 25.7 Å². The van der Waals surface area contributed by atoms with Crippen LogP contribution in [0.1, 0.15) is 409 Å². The van der Waals surface area contributed by atoms with Crippen molar-refractivity contribution in [1.29, 1.82) is 0 Å². The largest absolute Gasteiger partial charge is 0.472 e. The smallest absolute Gasteiger partial charge is 0.462 e. The number of rotatable bonds is 77. The summed E-state index contributed by atoms with van der Waals surface area (Å²) < 4.78 is 68.6.